The first-order valence-electron chi connectivity index (χ1n) is 4.47. The van der Waals surface area contributed by atoms with Gasteiger partial charge in [0.25, 0.3) is 0 Å². The topological polar surface area (TPSA) is 12.5 Å². The van der Waals surface area contributed by atoms with Crippen LogP contribution in [0.2, 0.25) is 0 Å². The summed E-state index contributed by atoms with van der Waals surface area (Å²) in [6, 6.07) is 11.2. The summed E-state index contributed by atoms with van der Waals surface area (Å²) in [7, 11) is 0. The third-order valence-corrected chi connectivity index (χ3v) is 2.34. The minimum atomic E-state index is 0.500. The van der Waals surface area contributed by atoms with Gasteiger partial charge < -0.3 is 4.74 Å². The number of epoxide rings is 1. The van der Waals surface area contributed by atoms with E-state index < -0.39 is 0 Å². The summed E-state index contributed by atoms with van der Waals surface area (Å²) >= 11 is 0. The molecule has 12 heavy (non-hydrogen) atoms. The minimum Gasteiger partial charge on any atom is -0.370 e. The first kappa shape index (κ1) is 7.81. The van der Waals surface area contributed by atoms with Crippen LogP contribution in [0.15, 0.2) is 24.3 Å². The first-order valence-corrected chi connectivity index (χ1v) is 4.47. The van der Waals surface area contributed by atoms with Crippen molar-refractivity contribution in [2.75, 3.05) is 0 Å². The summed E-state index contributed by atoms with van der Waals surface area (Å²) in [6.07, 6.45) is 3.31. The van der Waals surface area contributed by atoms with Crippen molar-refractivity contribution in [2.45, 2.75) is 32.0 Å². The molecule has 1 heterocycles. The predicted molar refractivity (Wildman–Crippen MR) is 47.9 cm³/mol. The average Bonchev–Trinajstić information content (AvgIpc) is 2.81. The fraction of sp³-hybridized carbons (Fsp3) is 0.455. The van der Waals surface area contributed by atoms with E-state index in [-0.39, 0.29) is 0 Å². The van der Waals surface area contributed by atoms with Gasteiger partial charge in [-0.2, -0.15) is 0 Å². The zero-order valence-corrected chi connectivity index (χ0v) is 7.29. The summed E-state index contributed by atoms with van der Waals surface area (Å²) in [4.78, 5) is 0. The molecule has 0 saturated carbocycles. The van der Waals surface area contributed by atoms with Crippen molar-refractivity contribution in [1.29, 1.82) is 0 Å². The van der Waals surface area contributed by atoms with Crippen molar-refractivity contribution in [3.05, 3.63) is 35.9 Å². The Labute approximate surface area is 73.4 Å². The van der Waals surface area contributed by atoms with Gasteiger partial charge in [0.1, 0.15) is 0 Å². The maximum absolute atomic E-state index is 5.33. The fourth-order valence-electron chi connectivity index (χ4n) is 1.43. The van der Waals surface area contributed by atoms with E-state index in [0.29, 0.717) is 12.2 Å². The summed E-state index contributed by atoms with van der Waals surface area (Å²) < 4.78 is 5.33. The van der Waals surface area contributed by atoms with Crippen LogP contribution >= 0.6 is 0 Å². The van der Waals surface area contributed by atoms with Crippen LogP contribution in [-0.4, -0.2) is 12.2 Å². The molecule has 1 heteroatoms. The second-order valence-corrected chi connectivity index (χ2v) is 3.33. The summed E-state index contributed by atoms with van der Waals surface area (Å²) in [5, 5.41) is 0. The van der Waals surface area contributed by atoms with E-state index in [2.05, 4.69) is 25.1 Å². The van der Waals surface area contributed by atoms with Gasteiger partial charge >= 0.3 is 0 Å². The molecule has 1 aliphatic rings. The maximum Gasteiger partial charge on any atom is 0.0842 e. The second kappa shape index (κ2) is 3.28. The molecule has 0 aliphatic carbocycles. The zero-order valence-electron chi connectivity index (χ0n) is 7.29. The predicted octanol–water partition coefficient (Wildman–Crippen LogP) is 2.21. The average molecular weight is 161 g/mol. The lowest BCUT2D eigenvalue weighted by atomic mass is 10.1. The summed E-state index contributed by atoms with van der Waals surface area (Å²) in [6.45, 7) is 2.13. The molecule has 1 aromatic rings. The lowest BCUT2D eigenvalue weighted by Gasteiger charge is -1.96. The second-order valence-electron chi connectivity index (χ2n) is 3.33. The summed E-state index contributed by atoms with van der Waals surface area (Å²) in [5.74, 6) is 0. The molecular formula is C11H13O. The largest absolute Gasteiger partial charge is 0.370 e. The molecule has 2 atom stereocenters. The van der Waals surface area contributed by atoms with Crippen molar-refractivity contribution < 1.29 is 4.74 Å². The molecule has 0 N–H and O–H groups in total. The molecule has 1 nitrogen and oxygen atoms in total. The molecule has 1 aliphatic heterocycles. The molecular weight excluding hydrogens is 148 g/mol. The molecule has 1 aromatic carbocycles. The van der Waals surface area contributed by atoms with Crippen LogP contribution in [0, 0.1) is 6.07 Å². The Hall–Kier alpha value is -0.820. The van der Waals surface area contributed by atoms with Gasteiger partial charge in [0.05, 0.1) is 12.2 Å². The Morgan fingerprint density at radius 3 is 2.67 bits per heavy atom. The third kappa shape index (κ3) is 1.86. The highest BCUT2D eigenvalue weighted by Crippen LogP contribution is 2.25. The van der Waals surface area contributed by atoms with Crippen molar-refractivity contribution >= 4 is 0 Å². The van der Waals surface area contributed by atoms with E-state index in [9.17, 15) is 0 Å². The van der Waals surface area contributed by atoms with Crippen molar-refractivity contribution in [3.8, 4) is 0 Å². The highest BCUT2D eigenvalue weighted by Gasteiger charge is 2.32. The van der Waals surface area contributed by atoms with Gasteiger partial charge in [-0.25, -0.2) is 0 Å². The lowest BCUT2D eigenvalue weighted by Crippen LogP contribution is -1.93. The first-order chi connectivity index (χ1) is 5.86. The normalized spacial score (nSPS) is 27.1. The van der Waals surface area contributed by atoms with Gasteiger partial charge in [0.2, 0.25) is 0 Å². The molecule has 2 unspecified atom stereocenters. The maximum atomic E-state index is 5.33. The van der Waals surface area contributed by atoms with Crippen LogP contribution < -0.4 is 0 Å². The van der Waals surface area contributed by atoms with E-state index in [1.807, 2.05) is 12.1 Å². The SMILES string of the molecule is CC1OC1CCc1cc[c]cc1. The Bertz CT molecular complexity index is 242. The zero-order chi connectivity index (χ0) is 8.39. The standard InChI is InChI=1S/C11H13O/c1-9-11(12-9)8-7-10-5-3-2-4-6-10/h3-6,9,11H,7-8H2,1H3. The molecule has 2 rings (SSSR count). The summed E-state index contributed by atoms with van der Waals surface area (Å²) in [5.41, 5.74) is 1.39. The van der Waals surface area contributed by atoms with E-state index in [0.717, 1.165) is 12.8 Å². The van der Waals surface area contributed by atoms with Gasteiger partial charge in [-0.05, 0) is 31.4 Å². The van der Waals surface area contributed by atoms with Gasteiger partial charge in [0.15, 0.2) is 0 Å². The van der Waals surface area contributed by atoms with Crippen molar-refractivity contribution in [2.24, 2.45) is 0 Å². The third-order valence-electron chi connectivity index (χ3n) is 2.34. The van der Waals surface area contributed by atoms with Crippen LogP contribution in [0.4, 0.5) is 0 Å². The lowest BCUT2D eigenvalue weighted by molar-refractivity contribution is 0.370. The van der Waals surface area contributed by atoms with E-state index >= 15 is 0 Å². The Morgan fingerprint density at radius 1 is 1.42 bits per heavy atom. The molecule has 1 saturated heterocycles. The molecule has 0 bridgehead atoms. The fourth-order valence-corrected chi connectivity index (χ4v) is 1.43. The van der Waals surface area contributed by atoms with Crippen LogP contribution in [-0.2, 0) is 11.2 Å². The van der Waals surface area contributed by atoms with E-state index in [4.69, 9.17) is 4.74 Å². The number of benzene rings is 1. The molecule has 63 valence electrons. The van der Waals surface area contributed by atoms with Crippen molar-refractivity contribution in [3.63, 3.8) is 0 Å². The monoisotopic (exact) mass is 161 g/mol. The number of hydrogen-bond donors (Lipinski definition) is 0. The van der Waals surface area contributed by atoms with Crippen LogP contribution in [0.25, 0.3) is 0 Å². The highest BCUT2D eigenvalue weighted by molar-refractivity contribution is 5.14. The molecule has 0 amide bonds. The molecule has 1 fully saturated rings. The smallest absolute Gasteiger partial charge is 0.0842 e. The van der Waals surface area contributed by atoms with E-state index in [1.165, 1.54) is 5.56 Å². The Morgan fingerprint density at radius 2 is 2.08 bits per heavy atom. The van der Waals surface area contributed by atoms with Crippen LogP contribution in [0.1, 0.15) is 18.9 Å². The van der Waals surface area contributed by atoms with Gasteiger partial charge in [0, 0.05) is 0 Å². The molecule has 0 aromatic heterocycles. The number of aryl methyl sites for hydroxylation is 1. The molecule has 1 radical (unpaired) electrons. The number of rotatable bonds is 3. The molecule has 0 spiro atoms. The number of hydrogen-bond acceptors (Lipinski definition) is 1. The minimum absolute atomic E-state index is 0.500. The quantitative estimate of drug-likeness (QED) is 0.619. The van der Waals surface area contributed by atoms with Crippen molar-refractivity contribution in [1.82, 2.24) is 0 Å². The highest BCUT2D eigenvalue weighted by atomic mass is 16.6. The van der Waals surface area contributed by atoms with Gasteiger partial charge in [-0.1, -0.05) is 24.3 Å². The Balaban J connectivity index is 1.80. The van der Waals surface area contributed by atoms with Crippen LogP contribution in [0.3, 0.4) is 0 Å². The van der Waals surface area contributed by atoms with Gasteiger partial charge in [-0.3, -0.25) is 0 Å². The van der Waals surface area contributed by atoms with E-state index in [1.54, 1.807) is 0 Å². The Kier molecular flexibility index (Phi) is 2.13. The number of ether oxygens (including phenoxy) is 1. The van der Waals surface area contributed by atoms with Gasteiger partial charge in [-0.15, -0.1) is 0 Å². The van der Waals surface area contributed by atoms with Crippen LogP contribution in [0.5, 0.6) is 0 Å².